The Morgan fingerprint density at radius 2 is 2.20 bits per heavy atom. The van der Waals surface area contributed by atoms with E-state index in [0.29, 0.717) is 16.3 Å². The average Bonchev–Trinajstić information content (AvgIpc) is 2.17. The molecule has 1 aromatic carbocycles. The molecule has 0 saturated carbocycles. The third-order valence-corrected chi connectivity index (χ3v) is 3.83. The van der Waals surface area contributed by atoms with Crippen LogP contribution < -0.4 is 5.73 Å². The molecule has 2 unspecified atom stereocenters. The third kappa shape index (κ3) is 3.32. The summed E-state index contributed by atoms with van der Waals surface area (Å²) < 4.78 is 17.0. The molecule has 0 spiro atoms. The Hall–Kier alpha value is -0.870. The Balaban J connectivity index is 2.82. The van der Waals surface area contributed by atoms with Crippen molar-refractivity contribution in [2.24, 2.45) is 0 Å². The molecule has 15 heavy (non-hydrogen) atoms. The van der Waals surface area contributed by atoms with Crippen LogP contribution in [0.25, 0.3) is 0 Å². The Bertz CT molecular complexity index is 366. The van der Waals surface area contributed by atoms with E-state index in [1.165, 1.54) is 0 Å². The summed E-state index contributed by atoms with van der Waals surface area (Å²) in [4.78, 5) is 0.699. The highest BCUT2D eigenvalue weighted by Crippen LogP contribution is 2.18. The lowest BCUT2D eigenvalue weighted by Gasteiger charge is -2.10. The first kappa shape index (κ1) is 12.2. The number of aryl methyl sites for hydroxylation is 1. The van der Waals surface area contributed by atoms with Crippen molar-refractivity contribution >= 4 is 16.5 Å². The highest BCUT2D eigenvalue weighted by Gasteiger charge is 2.11. The van der Waals surface area contributed by atoms with Gasteiger partial charge >= 0.3 is 0 Å². The molecule has 0 radical (unpaired) electrons. The highest BCUT2D eigenvalue weighted by atomic mass is 32.2. The average molecular weight is 227 g/mol. The van der Waals surface area contributed by atoms with E-state index in [4.69, 9.17) is 10.5 Å². The van der Waals surface area contributed by atoms with Gasteiger partial charge in [-0.15, -0.1) is 0 Å². The molecule has 0 fully saturated rings. The Labute approximate surface area is 93.1 Å². The van der Waals surface area contributed by atoms with Gasteiger partial charge in [-0.25, -0.2) is 0 Å². The fraction of sp³-hybridized carbons (Fsp3) is 0.455. The highest BCUT2D eigenvalue weighted by molar-refractivity contribution is 7.85. The number of rotatable bonds is 4. The van der Waals surface area contributed by atoms with Crippen molar-refractivity contribution in [1.82, 2.24) is 0 Å². The first-order valence-electron chi connectivity index (χ1n) is 4.82. The maximum Gasteiger partial charge on any atom is 0.0662 e. The zero-order valence-electron chi connectivity index (χ0n) is 9.32. The van der Waals surface area contributed by atoms with Crippen molar-refractivity contribution in [3.05, 3.63) is 23.8 Å². The molecule has 1 aromatic rings. The van der Waals surface area contributed by atoms with Crippen molar-refractivity contribution in [2.75, 3.05) is 18.6 Å². The minimum atomic E-state index is -1.08. The smallest absolute Gasteiger partial charge is 0.0662 e. The van der Waals surface area contributed by atoms with Crippen LogP contribution in [-0.2, 0) is 15.5 Å². The number of methoxy groups -OCH3 is 1. The van der Waals surface area contributed by atoms with Gasteiger partial charge in [-0.1, -0.05) is 6.07 Å². The summed E-state index contributed by atoms with van der Waals surface area (Å²) in [5, 5.41) is 0. The Morgan fingerprint density at radius 1 is 1.53 bits per heavy atom. The molecule has 84 valence electrons. The number of benzene rings is 1. The van der Waals surface area contributed by atoms with Crippen LogP contribution in [0, 0.1) is 6.92 Å². The first-order chi connectivity index (χ1) is 7.04. The molecular formula is C11H17NO2S. The summed E-state index contributed by atoms with van der Waals surface area (Å²) in [5.41, 5.74) is 7.48. The van der Waals surface area contributed by atoms with E-state index in [1.54, 1.807) is 7.11 Å². The summed E-state index contributed by atoms with van der Waals surface area (Å²) in [6.07, 6.45) is -0.0217. The number of ether oxygens (including phenoxy) is 1. The number of anilines is 1. The topological polar surface area (TPSA) is 52.3 Å². The van der Waals surface area contributed by atoms with E-state index in [2.05, 4.69) is 0 Å². The fourth-order valence-electron chi connectivity index (χ4n) is 1.25. The van der Waals surface area contributed by atoms with Gasteiger partial charge in [0, 0.05) is 12.8 Å². The number of nitrogens with two attached hydrogens (primary N) is 1. The number of nitrogen functional groups attached to an aromatic ring is 1. The molecule has 0 aliphatic carbocycles. The summed E-state index contributed by atoms with van der Waals surface area (Å²) in [6, 6.07) is 5.58. The summed E-state index contributed by atoms with van der Waals surface area (Å²) in [7, 11) is 0.528. The van der Waals surface area contributed by atoms with Gasteiger partial charge in [0.25, 0.3) is 0 Å². The quantitative estimate of drug-likeness (QED) is 0.797. The molecule has 0 bridgehead atoms. The lowest BCUT2D eigenvalue weighted by molar-refractivity contribution is 0.137. The lowest BCUT2D eigenvalue weighted by atomic mass is 10.2. The molecule has 0 aliphatic heterocycles. The number of hydrogen-bond donors (Lipinski definition) is 1. The molecule has 0 aromatic heterocycles. The molecular weight excluding hydrogens is 210 g/mol. The maximum atomic E-state index is 11.9. The van der Waals surface area contributed by atoms with Crippen molar-refractivity contribution < 1.29 is 8.95 Å². The standard InChI is InChI=1S/C11H17NO2S/c1-8-4-5-11(10(12)6-8)15(13)7-9(2)14-3/h4-6,9H,7,12H2,1-3H3. The Morgan fingerprint density at radius 3 is 2.73 bits per heavy atom. The van der Waals surface area contributed by atoms with Crippen LogP contribution >= 0.6 is 0 Å². The molecule has 2 N–H and O–H groups in total. The van der Waals surface area contributed by atoms with E-state index in [0.717, 1.165) is 5.56 Å². The predicted octanol–water partition coefficient (Wildman–Crippen LogP) is 1.72. The molecule has 4 heteroatoms. The molecule has 0 heterocycles. The molecule has 0 saturated heterocycles. The third-order valence-electron chi connectivity index (χ3n) is 2.20. The van der Waals surface area contributed by atoms with E-state index < -0.39 is 10.8 Å². The predicted molar refractivity (Wildman–Crippen MR) is 63.3 cm³/mol. The van der Waals surface area contributed by atoms with Gasteiger partial charge in [0.05, 0.1) is 27.6 Å². The van der Waals surface area contributed by atoms with Gasteiger partial charge in [-0.05, 0) is 31.5 Å². The van der Waals surface area contributed by atoms with Gasteiger partial charge < -0.3 is 10.5 Å². The monoisotopic (exact) mass is 227 g/mol. The molecule has 1 rings (SSSR count). The van der Waals surface area contributed by atoms with E-state index in [9.17, 15) is 4.21 Å². The summed E-state index contributed by atoms with van der Waals surface area (Å²) in [5.74, 6) is 0.476. The van der Waals surface area contributed by atoms with Crippen LogP contribution in [0.15, 0.2) is 23.1 Å². The second-order valence-corrected chi connectivity index (χ2v) is 5.06. The molecule has 3 nitrogen and oxygen atoms in total. The van der Waals surface area contributed by atoms with Crippen molar-refractivity contribution in [3.8, 4) is 0 Å². The maximum absolute atomic E-state index is 11.9. The van der Waals surface area contributed by atoms with Gasteiger partial charge in [-0.3, -0.25) is 4.21 Å². The summed E-state index contributed by atoms with van der Waals surface area (Å²) >= 11 is 0. The first-order valence-corrected chi connectivity index (χ1v) is 6.13. The van der Waals surface area contributed by atoms with Crippen LogP contribution in [0.1, 0.15) is 12.5 Å². The molecule has 0 amide bonds. The minimum Gasteiger partial charge on any atom is -0.398 e. The van der Waals surface area contributed by atoms with E-state index in [1.807, 2.05) is 32.0 Å². The van der Waals surface area contributed by atoms with Crippen molar-refractivity contribution in [1.29, 1.82) is 0 Å². The van der Waals surface area contributed by atoms with Gasteiger partial charge in [0.15, 0.2) is 0 Å². The number of hydrogen-bond acceptors (Lipinski definition) is 3. The van der Waals surface area contributed by atoms with E-state index in [-0.39, 0.29) is 6.10 Å². The van der Waals surface area contributed by atoms with Crippen LogP contribution in [0.4, 0.5) is 5.69 Å². The van der Waals surface area contributed by atoms with Gasteiger partial charge in [-0.2, -0.15) is 0 Å². The largest absolute Gasteiger partial charge is 0.398 e. The van der Waals surface area contributed by atoms with Gasteiger partial charge in [0.2, 0.25) is 0 Å². The van der Waals surface area contributed by atoms with Crippen LogP contribution in [0.5, 0.6) is 0 Å². The SMILES string of the molecule is COC(C)CS(=O)c1ccc(C)cc1N. The zero-order valence-corrected chi connectivity index (χ0v) is 10.1. The minimum absolute atomic E-state index is 0.0217. The van der Waals surface area contributed by atoms with E-state index >= 15 is 0 Å². The van der Waals surface area contributed by atoms with Gasteiger partial charge in [0.1, 0.15) is 0 Å². The second kappa shape index (κ2) is 5.28. The second-order valence-electron chi connectivity index (χ2n) is 3.60. The van der Waals surface area contributed by atoms with Crippen molar-refractivity contribution in [3.63, 3.8) is 0 Å². The molecule has 0 aliphatic rings. The lowest BCUT2D eigenvalue weighted by Crippen LogP contribution is -2.16. The normalized spacial score (nSPS) is 14.9. The fourth-order valence-corrected chi connectivity index (χ4v) is 2.53. The molecule has 2 atom stereocenters. The van der Waals surface area contributed by atoms with Crippen LogP contribution in [0.2, 0.25) is 0 Å². The van der Waals surface area contributed by atoms with Crippen LogP contribution in [-0.4, -0.2) is 23.2 Å². The van der Waals surface area contributed by atoms with Crippen molar-refractivity contribution in [2.45, 2.75) is 24.8 Å². The van der Waals surface area contributed by atoms with Crippen LogP contribution in [0.3, 0.4) is 0 Å². The zero-order chi connectivity index (χ0) is 11.4. The summed E-state index contributed by atoms with van der Waals surface area (Å²) in [6.45, 7) is 3.85. The Kier molecular flexibility index (Phi) is 4.29.